The molecule has 0 radical (unpaired) electrons. The molecule has 0 bridgehead atoms. The molecule has 0 fully saturated rings. The summed E-state index contributed by atoms with van der Waals surface area (Å²) in [6, 6.07) is 7.73. The van der Waals surface area contributed by atoms with Crippen molar-refractivity contribution in [3.63, 3.8) is 0 Å². The molecule has 5 nitrogen and oxygen atoms in total. The molecule has 1 amide bonds. The fraction of sp³-hybridized carbons (Fsp3) is 0.300. The fourth-order valence-electron chi connectivity index (χ4n) is 1.58. The van der Waals surface area contributed by atoms with Crippen LogP contribution in [0.4, 0.5) is 4.79 Å². The van der Waals surface area contributed by atoms with Crippen molar-refractivity contribution in [1.82, 2.24) is 10.9 Å². The van der Waals surface area contributed by atoms with Gasteiger partial charge in [-0.15, -0.1) is 0 Å². The minimum Gasteiger partial charge on any atom is -0.492 e. The van der Waals surface area contributed by atoms with E-state index < -0.39 is 6.09 Å². The zero-order valence-electron chi connectivity index (χ0n) is 8.06. The van der Waals surface area contributed by atoms with Crippen LogP contribution in [0.5, 0.6) is 5.75 Å². The summed E-state index contributed by atoms with van der Waals surface area (Å²) in [6.45, 7) is 0.470. The molecule has 1 aromatic rings. The molecule has 5 heteroatoms. The highest BCUT2D eigenvalue weighted by molar-refractivity contribution is 5.63. The molecule has 15 heavy (non-hydrogen) atoms. The highest BCUT2D eigenvalue weighted by atomic mass is 16.5. The summed E-state index contributed by atoms with van der Waals surface area (Å²) in [5, 5.41) is 8.42. The van der Waals surface area contributed by atoms with Crippen molar-refractivity contribution in [2.45, 2.75) is 12.5 Å². The lowest BCUT2D eigenvalue weighted by Gasteiger charge is -2.25. The van der Waals surface area contributed by atoms with Crippen LogP contribution in [0.2, 0.25) is 0 Å². The molecule has 1 heterocycles. The first kappa shape index (κ1) is 9.79. The third kappa shape index (κ3) is 2.38. The quantitative estimate of drug-likeness (QED) is 0.627. The lowest BCUT2D eigenvalue weighted by atomic mass is 10.0. The number of fused-ring (bicyclic) bond motifs is 1. The Morgan fingerprint density at radius 1 is 1.47 bits per heavy atom. The van der Waals surface area contributed by atoms with Crippen molar-refractivity contribution >= 4 is 6.09 Å². The molecule has 1 aliphatic heterocycles. The van der Waals surface area contributed by atoms with E-state index in [2.05, 4.69) is 10.9 Å². The standard InChI is InChI=1S/C10H12N2O3/c13-10(14)12-11-8-5-7-3-1-2-4-9(7)15-6-8/h1-4,8,11-12H,5-6H2,(H,13,14). The molecular formula is C10H12N2O3. The minimum atomic E-state index is -1.09. The van der Waals surface area contributed by atoms with Crippen LogP contribution in [0.3, 0.4) is 0 Å². The molecule has 0 aromatic heterocycles. The summed E-state index contributed by atoms with van der Waals surface area (Å²) in [7, 11) is 0. The van der Waals surface area contributed by atoms with Gasteiger partial charge in [0, 0.05) is 0 Å². The number of carbonyl (C=O) groups is 1. The number of ether oxygens (including phenoxy) is 1. The summed E-state index contributed by atoms with van der Waals surface area (Å²) in [5.41, 5.74) is 5.91. The van der Waals surface area contributed by atoms with Crippen LogP contribution in [-0.4, -0.2) is 23.8 Å². The SMILES string of the molecule is O=C(O)NNC1COc2ccccc2C1. The maximum Gasteiger partial charge on any atom is 0.419 e. The second-order valence-electron chi connectivity index (χ2n) is 3.39. The molecule has 2 rings (SSSR count). The molecule has 1 atom stereocenters. The van der Waals surface area contributed by atoms with Gasteiger partial charge in [-0.25, -0.2) is 10.2 Å². The molecule has 1 aromatic carbocycles. The van der Waals surface area contributed by atoms with Crippen molar-refractivity contribution in [3.05, 3.63) is 29.8 Å². The van der Waals surface area contributed by atoms with Crippen molar-refractivity contribution in [1.29, 1.82) is 0 Å². The van der Waals surface area contributed by atoms with Crippen LogP contribution in [-0.2, 0) is 6.42 Å². The maximum atomic E-state index is 10.3. The van der Waals surface area contributed by atoms with Gasteiger partial charge in [-0.3, -0.25) is 5.43 Å². The van der Waals surface area contributed by atoms with Gasteiger partial charge in [0.05, 0.1) is 6.04 Å². The fourth-order valence-corrected chi connectivity index (χ4v) is 1.58. The van der Waals surface area contributed by atoms with Gasteiger partial charge in [0.2, 0.25) is 0 Å². The van der Waals surface area contributed by atoms with Crippen molar-refractivity contribution in [3.8, 4) is 5.75 Å². The van der Waals surface area contributed by atoms with E-state index in [1.165, 1.54) is 0 Å². The van der Waals surface area contributed by atoms with Crippen LogP contribution < -0.4 is 15.6 Å². The number of nitrogens with one attached hydrogen (secondary N) is 2. The Hall–Kier alpha value is -1.75. The normalized spacial score (nSPS) is 18.8. The Kier molecular flexibility index (Phi) is 2.73. The average Bonchev–Trinajstić information content (AvgIpc) is 2.26. The number of hydrogen-bond acceptors (Lipinski definition) is 3. The highest BCUT2D eigenvalue weighted by Crippen LogP contribution is 2.23. The Morgan fingerprint density at radius 3 is 3.07 bits per heavy atom. The number of hydrazine groups is 1. The topological polar surface area (TPSA) is 70.6 Å². The summed E-state index contributed by atoms with van der Waals surface area (Å²) < 4.78 is 5.47. The first-order chi connectivity index (χ1) is 7.25. The van der Waals surface area contributed by atoms with E-state index in [0.717, 1.165) is 17.7 Å². The van der Waals surface area contributed by atoms with Crippen molar-refractivity contribution < 1.29 is 14.6 Å². The number of rotatable bonds is 2. The predicted molar refractivity (Wildman–Crippen MR) is 53.7 cm³/mol. The number of benzene rings is 1. The lowest BCUT2D eigenvalue weighted by molar-refractivity contribution is 0.176. The van der Waals surface area contributed by atoms with Crippen LogP contribution in [0.1, 0.15) is 5.56 Å². The minimum absolute atomic E-state index is 0.0176. The van der Waals surface area contributed by atoms with Gasteiger partial charge in [0.1, 0.15) is 12.4 Å². The number of hydrogen-bond donors (Lipinski definition) is 3. The predicted octanol–water partition coefficient (Wildman–Crippen LogP) is 0.762. The Morgan fingerprint density at radius 2 is 2.27 bits per heavy atom. The third-order valence-electron chi connectivity index (χ3n) is 2.26. The summed E-state index contributed by atoms with van der Waals surface area (Å²) in [4.78, 5) is 10.3. The first-order valence-corrected chi connectivity index (χ1v) is 4.71. The zero-order chi connectivity index (χ0) is 10.7. The van der Waals surface area contributed by atoms with Gasteiger partial charge in [-0.1, -0.05) is 18.2 Å². The zero-order valence-corrected chi connectivity index (χ0v) is 8.06. The summed E-state index contributed by atoms with van der Waals surface area (Å²) in [5.74, 6) is 0.880. The largest absolute Gasteiger partial charge is 0.492 e. The van der Waals surface area contributed by atoms with E-state index in [1.54, 1.807) is 0 Å². The van der Waals surface area contributed by atoms with Gasteiger partial charge in [0.25, 0.3) is 0 Å². The molecule has 0 saturated carbocycles. The van der Waals surface area contributed by atoms with E-state index >= 15 is 0 Å². The summed E-state index contributed by atoms with van der Waals surface area (Å²) >= 11 is 0. The second kappa shape index (κ2) is 4.18. The third-order valence-corrected chi connectivity index (χ3v) is 2.26. The van der Waals surface area contributed by atoms with Crippen LogP contribution >= 0.6 is 0 Å². The van der Waals surface area contributed by atoms with Crippen LogP contribution in [0.15, 0.2) is 24.3 Å². The number of para-hydroxylation sites is 1. The highest BCUT2D eigenvalue weighted by Gasteiger charge is 2.19. The van der Waals surface area contributed by atoms with Gasteiger partial charge in [-0.2, -0.15) is 0 Å². The van der Waals surface area contributed by atoms with Crippen molar-refractivity contribution in [2.75, 3.05) is 6.61 Å². The monoisotopic (exact) mass is 208 g/mol. The number of amides is 1. The van der Waals surface area contributed by atoms with Gasteiger partial charge < -0.3 is 9.84 Å². The van der Waals surface area contributed by atoms with Gasteiger partial charge >= 0.3 is 6.09 Å². The van der Waals surface area contributed by atoms with Crippen LogP contribution in [0, 0.1) is 0 Å². The van der Waals surface area contributed by atoms with Gasteiger partial charge in [0.15, 0.2) is 0 Å². The van der Waals surface area contributed by atoms with E-state index in [1.807, 2.05) is 24.3 Å². The molecule has 0 saturated heterocycles. The van der Waals surface area contributed by atoms with E-state index in [-0.39, 0.29) is 6.04 Å². The Bertz CT molecular complexity index is 367. The molecule has 80 valence electrons. The molecule has 1 unspecified atom stereocenters. The molecular weight excluding hydrogens is 196 g/mol. The van der Waals surface area contributed by atoms with E-state index in [4.69, 9.17) is 9.84 Å². The number of carboxylic acid groups (broad SMARTS) is 1. The van der Waals surface area contributed by atoms with Crippen molar-refractivity contribution in [2.24, 2.45) is 0 Å². The smallest absolute Gasteiger partial charge is 0.419 e. The lowest BCUT2D eigenvalue weighted by Crippen LogP contribution is -2.48. The van der Waals surface area contributed by atoms with Crippen LogP contribution in [0.25, 0.3) is 0 Å². The molecule has 0 aliphatic carbocycles. The molecule has 1 aliphatic rings. The average molecular weight is 208 g/mol. The summed E-state index contributed by atoms with van der Waals surface area (Å²) in [6.07, 6.45) is -0.329. The van der Waals surface area contributed by atoms with E-state index in [0.29, 0.717) is 6.61 Å². The van der Waals surface area contributed by atoms with E-state index in [9.17, 15) is 4.79 Å². The van der Waals surface area contributed by atoms with Gasteiger partial charge in [-0.05, 0) is 18.1 Å². The Labute approximate surface area is 87.0 Å². The molecule has 0 spiro atoms. The second-order valence-corrected chi connectivity index (χ2v) is 3.39. The maximum absolute atomic E-state index is 10.3. The molecule has 3 N–H and O–H groups in total. The first-order valence-electron chi connectivity index (χ1n) is 4.71. The Balaban J connectivity index is 1.96.